The highest BCUT2D eigenvalue weighted by molar-refractivity contribution is 5.95. The van der Waals surface area contributed by atoms with E-state index in [0.29, 0.717) is 23.3 Å². The quantitative estimate of drug-likeness (QED) is 0.385. The Hall–Kier alpha value is -4.47. The number of rotatable bonds is 4. The van der Waals surface area contributed by atoms with Gasteiger partial charge in [0.15, 0.2) is 5.65 Å². The molecule has 0 spiro atoms. The molecule has 0 aliphatic rings. The smallest absolute Gasteiger partial charge is 0.342 e. The summed E-state index contributed by atoms with van der Waals surface area (Å²) in [4.78, 5) is 25.6. The Morgan fingerprint density at radius 3 is 2.25 bits per heavy atom. The zero-order valence-corrected chi connectivity index (χ0v) is 18.2. The molecule has 36 heavy (non-hydrogen) atoms. The summed E-state index contributed by atoms with van der Waals surface area (Å²) < 4.78 is 80.6. The summed E-state index contributed by atoms with van der Waals surface area (Å²) >= 11 is 0. The molecule has 0 radical (unpaired) electrons. The van der Waals surface area contributed by atoms with Gasteiger partial charge in [-0.15, -0.1) is 0 Å². The lowest BCUT2D eigenvalue weighted by atomic mass is 10.0. The van der Waals surface area contributed by atoms with Crippen molar-refractivity contribution < 1.29 is 31.1 Å². The fourth-order valence-corrected chi connectivity index (χ4v) is 3.46. The third-order valence-electron chi connectivity index (χ3n) is 5.13. The number of imidazole rings is 1. The van der Waals surface area contributed by atoms with Crippen LogP contribution in [-0.4, -0.2) is 25.4 Å². The summed E-state index contributed by atoms with van der Waals surface area (Å²) in [7, 11) is 0. The van der Waals surface area contributed by atoms with Crippen LogP contribution in [0.5, 0.6) is 0 Å². The molecule has 1 amide bonds. The Morgan fingerprint density at radius 2 is 1.69 bits per heavy atom. The number of nitrogens with one attached hydrogen (secondary N) is 1. The summed E-state index contributed by atoms with van der Waals surface area (Å²) in [5.74, 6) is -0.722. The van der Waals surface area contributed by atoms with Crippen molar-refractivity contribution in [3.05, 3.63) is 82.9 Å². The molecular formula is C23H14F6N6O. The van der Waals surface area contributed by atoms with Crippen molar-refractivity contribution in [2.45, 2.75) is 25.3 Å². The number of amides is 1. The van der Waals surface area contributed by atoms with Crippen LogP contribution in [0.4, 0.5) is 26.3 Å². The van der Waals surface area contributed by atoms with Crippen LogP contribution in [0.3, 0.4) is 0 Å². The van der Waals surface area contributed by atoms with E-state index < -0.39 is 41.0 Å². The summed E-state index contributed by atoms with van der Waals surface area (Å²) in [5.41, 5.74) is -3.01. The topological polar surface area (TPSA) is 96.5 Å². The van der Waals surface area contributed by atoms with Crippen LogP contribution in [0, 0.1) is 11.3 Å². The third kappa shape index (κ3) is 4.83. The standard InChI is InChI=1S/C23H14F6N6O/c1-12(33-21(36)14-7-15(22(24,25)26)9-16(8-14)23(27,28)29)19-34-17-3-2-6-31-20(17)35(19)18-5-4-13(10-30)11-32-18/h2-9,11-12H,1H3,(H,33,36). The molecule has 0 fully saturated rings. The van der Waals surface area contributed by atoms with Crippen LogP contribution in [0.15, 0.2) is 54.9 Å². The minimum Gasteiger partial charge on any atom is -0.342 e. The zero-order chi connectivity index (χ0) is 26.3. The van der Waals surface area contributed by atoms with E-state index in [0.717, 1.165) is 0 Å². The van der Waals surface area contributed by atoms with Crippen molar-refractivity contribution in [2.75, 3.05) is 0 Å². The van der Waals surface area contributed by atoms with Crippen molar-refractivity contribution in [1.29, 1.82) is 5.26 Å². The molecule has 4 rings (SSSR count). The van der Waals surface area contributed by atoms with Crippen LogP contribution >= 0.6 is 0 Å². The Morgan fingerprint density at radius 1 is 1.03 bits per heavy atom. The lowest BCUT2D eigenvalue weighted by molar-refractivity contribution is -0.143. The Kier molecular flexibility index (Phi) is 6.13. The van der Waals surface area contributed by atoms with Crippen LogP contribution in [0.1, 0.15) is 45.8 Å². The van der Waals surface area contributed by atoms with Crippen LogP contribution in [0.25, 0.3) is 17.0 Å². The number of pyridine rings is 2. The van der Waals surface area contributed by atoms with E-state index in [-0.39, 0.29) is 23.3 Å². The molecule has 1 atom stereocenters. The first kappa shape index (κ1) is 24.6. The van der Waals surface area contributed by atoms with Gasteiger partial charge in [-0.3, -0.25) is 9.36 Å². The van der Waals surface area contributed by atoms with Gasteiger partial charge in [0.05, 0.1) is 22.7 Å². The van der Waals surface area contributed by atoms with E-state index in [9.17, 15) is 31.1 Å². The van der Waals surface area contributed by atoms with Crippen molar-refractivity contribution in [3.63, 3.8) is 0 Å². The van der Waals surface area contributed by atoms with Gasteiger partial charge in [0.1, 0.15) is 23.2 Å². The van der Waals surface area contributed by atoms with Gasteiger partial charge >= 0.3 is 12.4 Å². The van der Waals surface area contributed by atoms with Gasteiger partial charge in [-0.2, -0.15) is 31.6 Å². The van der Waals surface area contributed by atoms with Crippen molar-refractivity contribution >= 4 is 17.1 Å². The van der Waals surface area contributed by atoms with Crippen LogP contribution in [-0.2, 0) is 12.4 Å². The number of fused-ring (bicyclic) bond motifs is 1. The number of nitriles is 1. The number of hydrogen-bond donors (Lipinski definition) is 1. The average Bonchev–Trinajstić information content (AvgIpc) is 3.22. The van der Waals surface area contributed by atoms with Gasteiger partial charge in [0, 0.05) is 18.0 Å². The molecule has 3 aromatic heterocycles. The van der Waals surface area contributed by atoms with E-state index in [1.807, 2.05) is 6.07 Å². The highest BCUT2D eigenvalue weighted by atomic mass is 19.4. The zero-order valence-electron chi connectivity index (χ0n) is 18.2. The maximum Gasteiger partial charge on any atom is 0.416 e. The van der Waals surface area contributed by atoms with Crippen molar-refractivity contribution in [1.82, 2.24) is 24.8 Å². The molecule has 0 saturated carbocycles. The lowest BCUT2D eigenvalue weighted by Gasteiger charge is -2.17. The SMILES string of the molecule is CC(NC(=O)c1cc(C(F)(F)F)cc(C(F)(F)F)c1)c1nc2cccnc2n1-c1ccc(C#N)cn1. The number of halogens is 6. The summed E-state index contributed by atoms with van der Waals surface area (Å²) in [6, 6.07) is 7.82. The molecule has 13 heteroatoms. The number of carbonyl (C=O) groups excluding carboxylic acids is 1. The summed E-state index contributed by atoms with van der Waals surface area (Å²) in [6.45, 7) is 1.46. The van der Waals surface area contributed by atoms with E-state index in [1.54, 1.807) is 12.1 Å². The van der Waals surface area contributed by atoms with Gasteiger partial charge in [-0.25, -0.2) is 15.0 Å². The van der Waals surface area contributed by atoms with Crippen molar-refractivity contribution in [3.8, 4) is 11.9 Å². The number of carbonyl (C=O) groups is 1. The normalized spacial score (nSPS) is 12.8. The molecule has 1 N–H and O–H groups in total. The van der Waals surface area contributed by atoms with Gasteiger partial charge in [0.25, 0.3) is 5.91 Å². The molecular weight excluding hydrogens is 490 g/mol. The van der Waals surface area contributed by atoms with E-state index in [1.165, 1.54) is 36.0 Å². The molecule has 0 aliphatic carbocycles. The van der Waals surface area contributed by atoms with Gasteiger partial charge in [-0.1, -0.05) is 0 Å². The molecule has 0 saturated heterocycles. The molecule has 3 heterocycles. The largest absolute Gasteiger partial charge is 0.416 e. The predicted molar refractivity (Wildman–Crippen MR) is 114 cm³/mol. The Bertz CT molecular complexity index is 1450. The molecule has 7 nitrogen and oxygen atoms in total. The maximum atomic E-state index is 13.2. The molecule has 184 valence electrons. The third-order valence-corrected chi connectivity index (χ3v) is 5.13. The van der Waals surface area contributed by atoms with E-state index in [4.69, 9.17) is 5.26 Å². The summed E-state index contributed by atoms with van der Waals surface area (Å²) in [6.07, 6.45) is -7.40. The van der Waals surface area contributed by atoms with E-state index in [2.05, 4.69) is 20.3 Å². The second-order valence-electron chi connectivity index (χ2n) is 7.66. The van der Waals surface area contributed by atoms with Crippen molar-refractivity contribution in [2.24, 2.45) is 0 Å². The molecule has 1 aromatic carbocycles. The van der Waals surface area contributed by atoms with Gasteiger partial charge in [-0.05, 0) is 49.4 Å². The van der Waals surface area contributed by atoms with Crippen LogP contribution in [0.2, 0.25) is 0 Å². The first-order chi connectivity index (χ1) is 16.9. The monoisotopic (exact) mass is 504 g/mol. The van der Waals surface area contributed by atoms with E-state index >= 15 is 0 Å². The molecule has 4 aromatic rings. The first-order valence-electron chi connectivity index (χ1n) is 10.2. The number of alkyl halides is 6. The number of hydrogen-bond acceptors (Lipinski definition) is 5. The molecule has 0 aliphatic heterocycles. The minimum atomic E-state index is -5.09. The highest BCUT2D eigenvalue weighted by Crippen LogP contribution is 2.36. The van der Waals surface area contributed by atoms with Gasteiger partial charge < -0.3 is 5.32 Å². The minimum absolute atomic E-state index is 0.0537. The number of benzene rings is 1. The fourth-order valence-electron chi connectivity index (χ4n) is 3.46. The second-order valence-corrected chi connectivity index (χ2v) is 7.66. The van der Waals surface area contributed by atoms with Gasteiger partial charge in [0.2, 0.25) is 0 Å². The number of aromatic nitrogens is 4. The highest BCUT2D eigenvalue weighted by Gasteiger charge is 2.37. The summed E-state index contributed by atoms with van der Waals surface area (Å²) in [5, 5.41) is 11.4. The Labute approximate surface area is 199 Å². The second kappa shape index (κ2) is 8.95. The van der Waals surface area contributed by atoms with Crippen LogP contribution < -0.4 is 5.32 Å². The Balaban J connectivity index is 1.74. The number of nitrogens with zero attached hydrogens (tertiary/aromatic N) is 5. The average molecular weight is 504 g/mol. The molecule has 0 bridgehead atoms. The fraction of sp³-hybridized carbons (Fsp3) is 0.174. The lowest BCUT2D eigenvalue weighted by Crippen LogP contribution is -2.29. The predicted octanol–water partition coefficient (Wildman–Crippen LogP) is 5.22. The maximum absolute atomic E-state index is 13.2. The first-order valence-corrected chi connectivity index (χ1v) is 10.2. The molecule has 1 unspecified atom stereocenters.